The van der Waals surface area contributed by atoms with Crippen molar-refractivity contribution in [1.82, 2.24) is 47.1 Å². The van der Waals surface area contributed by atoms with Crippen LogP contribution in [0.4, 0.5) is 0 Å². The van der Waals surface area contributed by atoms with Gasteiger partial charge in [0.25, 0.3) is 0 Å². The van der Waals surface area contributed by atoms with Gasteiger partial charge >= 0.3 is 29.8 Å². The van der Waals surface area contributed by atoms with Crippen molar-refractivity contribution < 1.29 is 117 Å². The molecule has 0 spiro atoms. The minimum atomic E-state index is -1.76. The second kappa shape index (κ2) is 52.4. The zero-order chi connectivity index (χ0) is 88.5. The molecule has 12 atom stereocenters. The van der Waals surface area contributed by atoms with Crippen molar-refractivity contribution in [2.75, 3.05) is 39.4 Å². The Morgan fingerprint density at radius 3 is 1.47 bits per heavy atom. The first kappa shape index (κ1) is 101. The van der Waals surface area contributed by atoms with E-state index in [1.165, 1.54) is 11.8 Å². The summed E-state index contributed by atoms with van der Waals surface area (Å²) >= 11 is 0. The molecule has 0 bridgehead atoms. The number of likely N-dealkylation sites (tertiary alicyclic amines) is 1. The van der Waals surface area contributed by atoms with E-state index >= 15 is 0 Å². The summed E-state index contributed by atoms with van der Waals surface area (Å²) in [6.07, 6.45) is -4.89. The number of ether oxygens (including phenoxy) is 1. The van der Waals surface area contributed by atoms with Crippen LogP contribution in [0.15, 0.2) is 40.4 Å². The molecule has 1 aromatic carbocycles. The van der Waals surface area contributed by atoms with Crippen LogP contribution >= 0.6 is 0 Å². The van der Waals surface area contributed by atoms with Crippen molar-refractivity contribution in [2.24, 2.45) is 74.3 Å². The van der Waals surface area contributed by atoms with E-state index < -0.39 is 250 Å². The van der Waals surface area contributed by atoms with E-state index in [1.807, 2.05) is 58.9 Å². The van der Waals surface area contributed by atoms with Gasteiger partial charge in [0.1, 0.15) is 24.5 Å². The van der Waals surface area contributed by atoms with Crippen LogP contribution < -0.4 is 60.2 Å². The number of carboxylic acids is 5. The monoisotopic (exact) mass is 1660 g/mol. The van der Waals surface area contributed by atoms with Crippen molar-refractivity contribution in [1.29, 1.82) is 0 Å². The normalized spacial score (nSPS) is 15.3. The number of aliphatic imine (C=N–C) groups is 2. The first-order chi connectivity index (χ1) is 55.5. The molecular formula is C79H121N15O24. The summed E-state index contributed by atoms with van der Waals surface area (Å²) in [7, 11) is 0. The SMILES string of the molecule is CC(=O)C[C@H](CCC(=O)O)C(=O)N[C@H](CCC(=O)O)C(=O)C[C@H](CCC(=O)O)C(=O)N[C@H](CCC(=O)O)C(=O)C[C@H](CCC(=O)O)C(=O)NCCOCC(=O)N[C@@H](CCCN=C(N)N)C(=O)N1CCC[C@H]1C(=O)N[C@@H](CC(C)C)C(=O)C[C@@H](C)C(=O)N[C@@H](CC(C)C)C(=O)C[C@@H](Cc1c[nH]c2ccccc12)C(=O)N[C@H](C)CCCN=C(N)N. The Kier molecular flexibility index (Phi) is 44.8. The number of carbonyl (C=O) groups excluding carboxylic acids is 13. The first-order valence-electron chi connectivity index (χ1n) is 39.9. The van der Waals surface area contributed by atoms with Gasteiger partial charge in [-0.3, -0.25) is 91.5 Å². The second-order valence-corrected chi connectivity index (χ2v) is 31.0. The summed E-state index contributed by atoms with van der Waals surface area (Å²) in [4.78, 5) is 252. The summed E-state index contributed by atoms with van der Waals surface area (Å²) in [5.41, 5.74) is 23.7. The molecule has 2 heterocycles. The largest absolute Gasteiger partial charge is 0.481 e. The van der Waals surface area contributed by atoms with E-state index in [-0.39, 0.29) is 119 Å². The number of aromatic nitrogens is 1. The number of fused-ring (bicyclic) bond motifs is 1. The number of hydrogen-bond donors (Lipinski definition) is 17. The minimum Gasteiger partial charge on any atom is -0.481 e. The summed E-state index contributed by atoms with van der Waals surface area (Å²) in [6, 6.07) is -0.794. The number of nitrogens with two attached hydrogens (primary N) is 4. The minimum absolute atomic E-state index is 0.0204. The molecule has 0 unspecified atom stereocenters. The van der Waals surface area contributed by atoms with Crippen LogP contribution in [0.2, 0.25) is 0 Å². The number of carbonyl (C=O) groups is 18. The van der Waals surface area contributed by atoms with Gasteiger partial charge in [0.2, 0.25) is 47.3 Å². The number of aliphatic carboxylic acids is 5. The van der Waals surface area contributed by atoms with Crippen LogP contribution in [0, 0.1) is 41.4 Å². The number of benzene rings is 1. The van der Waals surface area contributed by atoms with Gasteiger partial charge in [-0.15, -0.1) is 0 Å². The number of hydrogen-bond acceptors (Lipinski definition) is 21. The van der Waals surface area contributed by atoms with E-state index in [0.29, 0.717) is 25.8 Å². The molecule has 39 heteroatoms. The predicted molar refractivity (Wildman–Crippen MR) is 428 cm³/mol. The Hall–Kier alpha value is -11.3. The molecule has 118 heavy (non-hydrogen) atoms. The highest BCUT2D eigenvalue weighted by Crippen LogP contribution is 2.27. The second-order valence-electron chi connectivity index (χ2n) is 31.0. The molecule has 656 valence electrons. The number of carboxylic acid groups (broad SMARTS) is 5. The Labute approximate surface area is 684 Å². The summed E-state index contributed by atoms with van der Waals surface area (Å²) in [5.74, 6) is -23.6. The molecule has 1 saturated heterocycles. The molecule has 1 aromatic heterocycles. The van der Waals surface area contributed by atoms with Crippen molar-refractivity contribution in [3.63, 3.8) is 0 Å². The number of guanidine groups is 2. The van der Waals surface area contributed by atoms with Crippen LogP contribution in [-0.2, 0) is 97.5 Å². The van der Waals surface area contributed by atoms with Gasteiger partial charge in [-0.25, -0.2) is 0 Å². The number of para-hydroxylation sites is 1. The predicted octanol–water partition coefficient (Wildman–Crippen LogP) is 1.20. The molecule has 21 N–H and O–H groups in total. The Balaban J connectivity index is 1.76. The quantitative estimate of drug-likeness (QED) is 0.0251. The van der Waals surface area contributed by atoms with E-state index in [0.717, 1.165) is 23.4 Å². The third-order valence-electron chi connectivity index (χ3n) is 19.8. The van der Waals surface area contributed by atoms with Gasteiger partial charge in [0.05, 0.1) is 30.8 Å². The summed E-state index contributed by atoms with van der Waals surface area (Å²) < 4.78 is 5.54. The van der Waals surface area contributed by atoms with Gasteiger partial charge in [0.15, 0.2) is 35.1 Å². The third kappa shape index (κ3) is 39.1. The fraction of sp³-hybridized carbons (Fsp3) is 0.646. The molecule has 0 aliphatic carbocycles. The Bertz CT molecular complexity index is 3870. The first-order valence-corrected chi connectivity index (χ1v) is 39.9. The highest BCUT2D eigenvalue weighted by Gasteiger charge is 2.41. The smallest absolute Gasteiger partial charge is 0.303 e. The molecule has 8 amide bonds. The molecular weight excluding hydrogens is 1540 g/mol. The third-order valence-corrected chi connectivity index (χ3v) is 19.8. The van der Waals surface area contributed by atoms with Gasteiger partial charge in [-0.1, -0.05) is 52.8 Å². The molecule has 0 radical (unpaired) electrons. The Morgan fingerprint density at radius 2 is 0.958 bits per heavy atom. The van der Waals surface area contributed by atoms with Crippen LogP contribution in [0.5, 0.6) is 0 Å². The topological polar surface area (TPSA) is 650 Å². The van der Waals surface area contributed by atoms with E-state index in [1.54, 1.807) is 6.20 Å². The van der Waals surface area contributed by atoms with Crippen LogP contribution in [0.25, 0.3) is 10.9 Å². The maximum atomic E-state index is 14.6. The molecule has 3 rings (SSSR count). The number of rotatable bonds is 61. The summed E-state index contributed by atoms with van der Waals surface area (Å²) in [6.45, 7) is 10.8. The van der Waals surface area contributed by atoms with Crippen LogP contribution in [0.3, 0.4) is 0 Å². The average Bonchev–Trinajstić information content (AvgIpc) is 1.66. The molecule has 1 aliphatic heterocycles. The van der Waals surface area contributed by atoms with Crippen molar-refractivity contribution in [3.8, 4) is 0 Å². The van der Waals surface area contributed by atoms with E-state index in [2.05, 4.69) is 52.2 Å². The lowest BCUT2D eigenvalue weighted by molar-refractivity contribution is -0.142. The lowest BCUT2D eigenvalue weighted by Crippen LogP contribution is -2.56. The maximum Gasteiger partial charge on any atom is 0.303 e. The fourth-order valence-corrected chi connectivity index (χ4v) is 13.6. The van der Waals surface area contributed by atoms with Crippen LogP contribution in [0.1, 0.15) is 202 Å². The lowest BCUT2D eigenvalue weighted by Gasteiger charge is -2.30. The fourth-order valence-electron chi connectivity index (χ4n) is 13.6. The summed E-state index contributed by atoms with van der Waals surface area (Å²) in [5, 5.41) is 66.8. The molecule has 1 fully saturated rings. The number of ketones is 5. The van der Waals surface area contributed by atoms with Gasteiger partial charge < -0.3 is 105 Å². The molecule has 2 aromatic rings. The van der Waals surface area contributed by atoms with Gasteiger partial charge in [-0.2, -0.15) is 0 Å². The number of nitrogens with zero attached hydrogens (tertiary/aromatic N) is 3. The number of H-pyrrole nitrogens is 1. The number of Topliss-reactive ketones (excluding diaryl/α,β-unsaturated/α-hetero) is 5. The van der Waals surface area contributed by atoms with Gasteiger partial charge in [0, 0.05) is 143 Å². The average molecular weight is 1660 g/mol. The zero-order valence-electron chi connectivity index (χ0n) is 68.3. The Morgan fingerprint density at radius 1 is 0.508 bits per heavy atom. The van der Waals surface area contributed by atoms with E-state index in [4.69, 9.17) is 27.7 Å². The molecule has 1 aliphatic rings. The molecule has 39 nitrogen and oxygen atoms in total. The molecule has 0 saturated carbocycles. The van der Waals surface area contributed by atoms with E-state index in [9.17, 15) is 112 Å². The highest BCUT2D eigenvalue weighted by atomic mass is 16.5. The maximum absolute atomic E-state index is 14.6. The van der Waals surface area contributed by atoms with Crippen molar-refractivity contribution in [3.05, 3.63) is 36.0 Å². The zero-order valence-corrected chi connectivity index (χ0v) is 68.3. The number of nitrogens with one attached hydrogen (secondary N) is 8. The van der Waals surface area contributed by atoms with Crippen LogP contribution in [-0.4, -0.2) is 235 Å². The van der Waals surface area contributed by atoms with Crippen molar-refractivity contribution >= 4 is 129 Å². The highest BCUT2D eigenvalue weighted by molar-refractivity contribution is 6.00. The van der Waals surface area contributed by atoms with Gasteiger partial charge in [-0.05, 0) is 127 Å². The number of amides is 8. The number of aromatic amines is 1. The lowest BCUT2D eigenvalue weighted by atomic mass is 9.88. The van der Waals surface area contributed by atoms with Crippen molar-refractivity contribution in [2.45, 2.75) is 245 Å². The standard InChI is InChI=1S/C79H121N15O24/c1-43(2)33-58(61(96)35-45(5)71(111)92-59(34-44(3)4)64(99)40-51(37-52-41-87-54-15-9-8-14-53(52)54)75(115)88-46(6)13-10-28-85-78(80)81)93-76(116)60-17-12-31-94(60)77(117)57(16-11-29-86-79(82)83)89-65(100)42-118-32-30-84-72(112)49(19-24-67(103)104)38-62(97)55(21-26-69(107)108)91-74(114)50(20-25-68(105)106)39-63(98)56(22-27-70(109)110)90-73(113)48(36-47(7)95)18-23-66(101)102/h8-9,14-15,41,43-46,48-51,55-60,87H,10-13,16-40,42H2,1-7H3,(H,84,112)(H,88,115)(H,89,100)(H,90,113)(H,91,114)(H,92,111)(H,93,116)(H,101,102)(H,103,104)(H,105,106)(H,107,108)(H,109,110)(H4,80,81,85)(H4,82,83,86)/t45-,46-,48+,49+,50+,51-,55-,56-,57+,58+,59+,60+/m1/s1.